The molecule has 1 amide bonds. The second kappa shape index (κ2) is 7.91. The smallest absolute Gasteiger partial charge is 0.334 e. The van der Waals surface area contributed by atoms with E-state index in [1.807, 2.05) is 19.1 Å². The summed E-state index contributed by atoms with van der Waals surface area (Å²) in [5.74, 6) is -0.569. The molecule has 1 aromatic heterocycles. The maximum Gasteiger partial charge on any atom is 0.355 e. The van der Waals surface area contributed by atoms with Crippen LogP contribution in [-0.4, -0.2) is 20.8 Å². The summed E-state index contributed by atoms with van der Waals surface area (Å²) in [7, 11) is 0. The number of nitrogens with one attached hydrogen (secondary N) is 3. The van der Waals surface area contributed by atoms with Crippen LogP contribution in [0, 0.1) is 17.0 Å². The van der Waals surface area contributed by atoms with Crippen LogP contribution in [0.5, 0.6) is 0 Å². The minimum atomic E-state index is -0.618. The van der Waals surface area contributed by atoms with Gasteiger partial charge in [0.05, 0.1) is 4.92 Å². The lowest BCUT2D eigenvalue weighted by Crippen LogP contribution is -2.30. The molecular formula is C18H16N6O3. The largest absolute Gasteiger partial charge is 0.355 e. The van der Waals surface area contributed by atoms with Crippen molar-refractivity contribution in [3.8, 4) is 0 Å². The summed E-state index contributed by atoms with van der Waals surface area (Å²) in [5.41, 5.74) is 6.61. The van der Waals surface area contributed by atoms with Gasteiger partial charge in [-0.2, -0.15) is 0 Å². The molecule has 0 saturated heterocycles. The number of hydrazine groups is 1. The zero-order valence-corrected chi connectivity index (χ0v) is 14.3. The average Bonchev–Trinajstić information content (AvgIpc) is 2.68. The molecule has 2 aromatic carbocycles. The molecule has 0 bridgehead atoms. The van der Waals surface area contributed by atoms with E-state index in [0.29, 0.717) is 11.3 Å². The maximum absolute atomic E-state index is 12.1. The molecule has 0 aliphatic carbocycles. The van der Waals surface area contributed by atoms with Gasteiger partial charge in [-0.05, 0) is 31.2 Å². The van der Waals surface area contributed by atoms with Crippen LogP contribution < -0.4 is 16.2 Å². The van der Waals surface area contributed by atoms with Crippen molar-refractivity contribution >= 4 is 28.9 Å². The van der Waals surface area contributed by atoms with Crippen LogP contribution in [-0.2, 0) is 0 Å². The fraction of sp³-hybridized carbons (Fsp3) is 0.0556. The Labute approximate surface area is 154 Å². The number of benzene rings is 2. The number of rotatable bonds is 6. The zero-order chi connectivity index (χ0) is 19.2. The number of carbonyl (C=O) groups is 1. The molecule has 0 unspecified atom stereocenters. The second-order valence-electron chi connectivity index (χ2n) is 5.61. The van der Waals surface area contributed by atoms with Gasteiger partial charge in [0.2, 0.25) is 11.6 Å². The molecule has 0 fully saturated rings. The fourth-order valence-corrected chi connectivity index (χ4v) is 2.29. The van der Waals surface area contributed by atoms with Crippen LogP contribution in [0.1, 0.15) is 15.9 Å². The summed E-state index contributed by atoms with van der Waals surface area (Å²) in [6, 6.07) is 15.8. The molecule has 0 radical (unpaired) electrons. The lowest BCUT2D eigenvalue weighted by Gasteiger charge is -2.11. The van der Waals surface area contributed by atoms with Crippen LogP contribution in [0.25, 0.3) is 0 Å². The molecule has 3 N–H and O–H groups in total. The van der Waals surface area contributed by atoms with E-state index in [4.69, 9.17) is 0 Å². The zero-order valence-electron chi connectivity index (χ0n) is 14.3. The highest BCUT2D eigenvalue weighted by Crippen LogP contribution is 2.30. The molecule has 0 saturated carbocycles. The molecule has 0 atom stereocenters. The van der Waals surface area contributed by atoms with Gasteiger partial charge in [0.25, 0.3) is 5.91 Å². The first kappa shape index (κ1) is 17.8. The van der Waals surface area contributed by atoms with Gasteiger partial charge in [0, 0.05) is 11.3 Å². The van der Waals surface area contributed by atoms with Crippen molar-refractivity contribution in [2.24, 2.45) is 0 Å². The van der Waals surface area contributed by atoms with Crippen LogP contribution in [0.3, 0.4) is 0 Å². The van der Waals surface area contributed by atoms with E-state index in [1.54, 1.807) is 42.5 Å². The van der Waals surface area contributed by atoms with Crippen molar-refractivity contribution in [2.75, 3.05) is 10.7 Å². The Balaban J connectivity index is 1.82. The molecule has 3 aromatic rings. The Morgan fingerprint density at radius 1 is 1.00 bits per heavy atom. The number of aromatic nitrogens is 2. The van der Waals surface area contributed by atoms with Crippen LogP contribution in [0.2, 0.25) is 0 Å². The monoisotopic (exact) mass is 364 g/mol. The highest BCUT2D eigenvalue weighted by molar-refractivity contribution is 5.95. The molecule has 3 rings (SSSR count). The molecule has 0 spiro atoms. The van der Waals surface area contributed by atoms with Gasteiger partial charge >= 0.3 is 5.69 Å². The maximum atomic E-state index is 12.1. The highest BCUT2D eigenvalue weighted by atomic mass is 16.6. The van der Waals surface area contributed by atoms with Gasteiger partial charge in [-0.3, -0.25) is 25.8 Å². The number of aryl methyl sites for hydroxylation is 1. The number of amides is 1. The number of carbonyl (C=O) groups excluding carboxylic acids is 1. The van der Waals surface area contributed by atoms with E-state index in [0.717, 1.165) is 5.56 Å². The number of nitro groups is 1. The van der Waals surface area contributed by atoms with Crippen molar-refractivity contribution in [1.29, 1.82) is 0 Å². The first-order chi connectivity index (χ1) is 13.0. The van der Waals surface area contributed by atoms with Gasteiger partial charge in [0.15, 0.2) is 0 Å². The van der Waals surface area contributed by atoms with E-state index >= 15 is 0 Å². The number of nitrogens with zero attached hydrogens (tertiary/aromatic N) is 3. The first-order valence-electron chi connectivity index (χ1n) is 7.99. The SMILES string of the molecule is Cc1ccc(Nc2ncnc(NNC(=O)c3ccccc3)c2[N+](=O)[O-])cc1. The third-order valence-electron chi connectivity index (χ3n) is 3.65. The van der Waals surface area contributed by atoms with Crippen LogP contribution in [0.4, 0.5) is 23.0 Å². The first-order valence-corrected chi connectivity index (χ1v) is 7.99. The Morgan fingerprint density at radius 3 is 2.33 bits per heavy atom. The molecule has 27 heavy (non-hydrogen) atoms. The summed E-state index contributed by atoms with van der Waals surface area (Å²) < 4.78 is 0. The highest BCUT2D eigenvalue weighted by Gasteiger charge is 2.23. The minimum absolute atomic E-state index is 0.00955. The normalized spacial score (nSPS) is 10.1. The van der Waals surface area contributed by atoms with E-state index in [9.17, 15) is 14.9 Å². The predicted octanol–water partition coefficient (Wildman–Crippen LogP) is 3.19. The molecule has 9 nitrogen and oxygen atoms in total. The average molecular weight is 364 g/mol. The van der Waals surface area contributed by atoms with Crippen molar-refractivity contribution < 1.29 is 9.72 Å². The molecular weight excluding hydrogens is 348 g/mol. The van der Waals surface area contributed by atoms with E-state index in [1.165, 1.54) is 6.33 Å². The Kier molecular flexibility index (Phi) is 5.22. The van der Waals surface area contributed by atoms with Gasteiger partial charge in [-0.1, -0.05) is 35.9 Å². The van der Waals surface area contributed by atoms with Crippen molar-refractivity contribution in [2.45, 2.75) is 6.92 Å². The van der Waals surface area contributed by atoms with Gasteiger partial charge in [-0.15, -0.1) is 0 Å². The van der Waals surface area contributed by atoms with E-state index in [-0.39, 0.29) is 17.3 Å². The van der Waals surface area contributed by atoms with Gasteiger partial charge in [-0.25, -0.2) is 9.97 Å². The molecule has 0 aliphatic rings. The van der Waals surface area contributed by atoms with Crippen molar-refractivity contribution in [1.82, 2.24) is 15.4 Å². The molecule has 9 heteroatoms. The number of hydrogen-bond acceptors (Lipinski definition) is 7. The summed E-state index contributed by atoms with van der Waals surface area (Å²) in [5, 5.41) is 14.4. The molecule has 1 heterocycles. The van der Waals surface area contributed by atoms with E-state index in [2.05, 4.69) is 26.1 Å². The van der Waals surface area contributed by atoms with Crippen molar-refractivity contribution in [3.05, 3.63) is 82.2 Å². The minimum Gasteiger partial charge on any atom is -0.334 e. The summed E-state index contributed by atoms with van der Waals surface area (Å²) >= 11 is 0. The van der Waals surface area contributed by atoms with E-state index < -0.39 is 10.8 Å². The standard InChI is InChI=1S/C18H16N6O3/c1-12-7-9-14(10-8-12)21-16-15(24(26)27)17(20-11-19-16)22-23-18(25)13-5-3-2-4-6-13/h2-11H,1H3,(H,23,25)(H2,19,20,21,22). The lowest BCUT2D eigenvalue weighted by atomic mass is 10.2. The fourth-order valence-electron chi connectivity index (χ4n) is 2.29. The quantitative estimate of drug-likeness (QED) is 0.453. The predicted molar refractivity (Wildman–Crippen MR) is 101 cm³/mol. The van der Waals surface area contributed by atoms with Gasteiger partial charge < -0.3 is 5.32 Å². The number of anilines is 3. The van der Waals surface area contributed by atoms with Gasteiger partial charge in [0.1, 0.15) is 6.33 Å². The Bertz CT molecular complexity index is 961. The Hall–Kier alpha value is -4.01. The van der Waals surface area contributed by atoms with Crippen LogP contribution >= 0.6 is 0 Å². The third kappa shape index (κ3) is 4.34. The number of hydrogen-bond donors (Lipinski definition) is 3. The summed E-state index contributed by atoms with van der Waals surface area (Å²) in [6.45, 7) is 1.94. The molecule has 0 aliphatic heterocycles. The third-order valence-corrected chi connectivity index (χ3v) is 3.65. The summed E-state index contributed by atoms with van der Waals surface area (Å²) in [4.78, 5) is 30.8. The van der Waals surface area contributed by atoms with Crippen LogP contribution in [0.15, 0.2) is 60.9 Å². The van der Waals surface area contributed by atoms with Crippen molar-refractivity contribution in [3.63, 3.8) is 0 Å². The second-order valence-corrected chi connectivity index (χ2v) is 5.61. The lowest BCUT2D eigenvalue weighted by molar-refractivity contribution is -0.383. The topological polar surface area (TPSA) is 122 Å². The summed E-state index contributed by atoms with van der Waals surface area (Å²) in [6.07, 6.45) is 1.17. The Morgan fingerprint density at radius 2 is 1.67 bits per heavy atom. The molecule has 136 valence electrons.